The number of imidazole rings is 1. The molecule has 0 aromatic carbocycles. The molecular weight excluding hydrogens is 265 g/mol. The van der Waals surface area contributed by atoms with Crippen molar-refractivity contribution in [3.8, 4) is 0 Å². The molecule has 106 valence electrons. The third kappa shape index (κ3) is 1.69. The molecule has 10 heteroatoms. The van der Waals surface area contributed by atoms with Gasteiger partial charge in [0.1, 0.15) is 31.9 Å². The lowest BCUT2D eigenvalue weighted by atomic mass is 9.74. The van der Waals surface area contributed by atoms with Gasteiger partial charge in [-0.3, -0.25) is 4.57 Å². The van der Waals surface area contributed by atoms with Gasteiger partial charge in [0, 0.05) is 0 Å². The second-order valence-corrected chi connectivity index (χ2v) is 4.95. The number of fused-ring (bicyclic) bond motifs is 1. The van der Waals surface area contributed by atoms with E-state index >= 15 is 0 Å². The number of aromatic nitrogens is 4. The Balaban J connectivity index is 2.06. The summed E-state index contributed by atoms with van der Waals surface area (Å²) in [5, 5.41) is 29.6. The van der Waals surface area contributed by atoms with Crippen LogP contribution in [0.4, 0.5) is 5.82 Å². The van der Waals surface area contributed by atoms with Crippen molar-refractivity contribution < 1.29 is 20.1 Å². The second-order valence-electron chi connectivity index (χ2n) is 4.95. The molecule has 1 aliphatic heterocycles. The SMILES string of the molecule is B[C@@]1(O)[C@@H](CO)O[C@@H](n2cnc3c(N)ncnc32)[C@@H]1O. The van der Waals surface area contributed by atoms with Crippen LogP contribution in [0.1, 0.15) is 6.23 Å². The molecule has 0 spiro atoms. The van der Waals surface area contributed by atoms with E-state index in [2.05, 4.69) is 15.0 Å². The Morgan fingerprint density at radius 1 is 1.45 bits per heavy atom. The minimum Gasteiger partial charge on any atom is -0.394 e. The fourth-order valence-electron chi connectivity index (χ4n) is 2.36. The van der Waals surface area contributed by atoms with E-state index in [4.69, 9.17) is 10.5 Å². The van der Waals surface area contributed by atoms with Gasteiger partial charge in [-0.15, -0.1) is 0 Å². The molecule has 0 unspecified atom stereocenters. The molecule has 2 aromatic rings. The molecule has 3 heterocycles. The largest absolute Gasteiger partial charge is 0.394 e. The van der Waals surface area contributed by atoms with E-state index in [1.165, 1.54) is 25.1 Å². The number of hydrogen-bond acceptors (Lipinski definition) is 8. The van der Waals surface area contributed by atoms with E-state index in [1.807, 2.05) is 0 Å². The minimum atomic E-state index is -1.57. The number of anilines is 1. The molecule has 1 saturated heterocycles. The molecule has 0 radical (unpaired) electrons. The quantitative estimate of drug-likeness (QED) is 0.426. The fraction of sp³-hybridized carbons (Fsp3) is 0.500. The molecule has 20 heavy (non-hydrogen) atoms. The Kier molecular flexibility index (Phi) is 2.90. The third-order valence-electron chi connectivity index (χ3n) is 3.65. The molecule has 4 atom stereocenters. The number of aliphatic hydroxyl groups is 3. The van der Waals surface area contributed by atoms with E-state index in [-0.39, 0.29) is 5.82 Å². The Morgan fingerprint density at radius 2 is 2.20 bits per heavy atom. The molecule has 9 nitrogen and oxygen atoms in total. The van der Waals surface area contributed by atoms with Gasteiger partial charge in [-0.1, -0.05) is 0 Å². The lowest BCUT2D eigenvalue weighted by Gasteiger charge is -2.25. The van der Waals surface area contributed by atoms with Crippen LogP contribution in [-0.4, -0.2) is 67.0 Å². The van der Waals surface area contributed by atoms with Crippen LogP contribution in [-0.2, 0) is 4.74 Å². The summed E-state index contributed by atoms with van der Waals surface area (Å²) < 4.78 is 6.96. The van der Waals surface area contributed by atoms with E-state index in [0.29, 0.717) is 11.2 Å². The molecule has 2 aromatic heterocycles. The van der Waals surface area contributed by atoms with Crippen LogP contribution in [0.2, 0.25) is 0 Å². The van der Waals surface area contributed by atoms with Crippen LogP contribution in [0, 0.1) is 0 Å². The number of rotatable bonds is 2. The van der Waals surface area contributed by atoms with Gasteiger partial charge in [0.2, 0.25) is 0 Å². The van der Waals surface area contributed by atoms with Crippen molar-refractivity contribution in [3.63, 3.8) is 0 Å². The molecular formula is C10H14BN5O4. The van der Waals surface area contributed by atoms with Crippen LogP contribution >= 0.6 is 0 Å². The van der Waals surface area contributed by atoms with Crippen LogP contribution in [0.5, 0.6) is 0 Å². The van der Waals surface area contributed by atoms with Gasteiger partial charge in [-0.2, -0.15) is 0 Å². The van der Waals surface area contributed by atoms with Crippen molar-refractivity contribution in [1.82, 2.24) is 19.5 Å². The van der Waals surface area contributed by atoms with Crippen molar-refractivity contribution in [1.29, 1.82) is 0 Å². The summed E-state index contributed by atoms with van der Waals surface area (Å²) in [6.45, 7) is -0.412. The first kappa shape index (κ1) is 13.2. The van der Waals surface area contributed by atoms with E-state index in [9.17, 15) is 15.3 Å². The Bertz CT molecular complexity index is 648. The Hall–Kier alpha value is -1.75. The number of hydrogen-bond donors (Lipinski definition) is 4. The van der Waals surface area contributed by atoms with Crippen molar-refractivity contribution in [2.45, 2.75) is 23.9 Å². The summed E-state index contributed by atoms with van der Waals surface area (Å²) in [4.78, 5) is 12.0. The zero-order valence-electron chi connectivity index (χ0n) is 10.7. The molecule has 0 saturated carbocycles. The van der Waals surface area contributed by atoms with Crippen LogP contribution < -0.4 is 5.73 Å². The Morgan fingerprint density at radius 3 is 2.85 bits per heavy atom. The maximum Gasteiger partial charge on any atom is 0.167 e. The van der Waals surface area contributed by atoms with Gasteiger partial charge in [0.15, 0.2) is 17.7 Å². The highest BCUT2D eigenvalue weighted by Gasteiger charge is 2.52. The maximum absolute atomic E-state index is 10.2. The summed E-state index contributed by atoms with van der Waals surface area (Å²) in [5.74, 6) is 0.215. The average molecular weight is 279 g/mol. The summed E-state index contributed by atoms with van der Waals surface area (Å²) in [6, 6.07) is 0. The lowest BCUT2D eigenvalue weighted by Crippen LogP contribution is -2.49. The van der Waals surface area contributed by atoms with Crippen LogP contribution in [0.3, 0.4) is 0 Å². The minimum absolute atomic E-state index is 0.215. The summed E-state index contributed by atoms with van der Waals surface area (Å²) in [7, 11) is 1.40. The normalized spacial score (nSPS) is 33.9. The van der Waals surface area contributed by atoms with Crippen LogP contribution in [0.15, 0.2) is 12.7 Å². The van der Waals surface area contributed by atoms with E-state index in [0.717, 1.165) is 0 Å². The van der Waals surface area contributed by atoms with E-state index in [1.54, 1.807) is 0 Å². The Labute approximate surface area is 114 Å². The molecule has 0 amide bonds. The number of nitrogens with two attached hydrogens (primary N) is 1. The highest BCUT2D eigenvalue weighted by atomic mass is 16.6. The van der Waals surface area contributed by atoms with Gasteiger partial charge < -0.3 is 25.8 Å². The van der Waals surface area contributed by atoms with Gasteiger partial charge in [0.25, 0.3) is 0 Å². The first-order chi connectivity index (χ1) is 9.46. The number of nitrogen functional groups attached to an aromatic ring is 1. The predicted octanol–water partition coefficient (Wildman–Crippen LogP) is -3.02. The molecule has 3 rings (SSSR count). The highest BCUT2D eigenvalue weighted by Crippen LogP contribution is 2.36. The standard InChI is InChI=1S/C10H14BN5O4/c11-10(19)4(1-17)20-9(6(10)18)16-3-15-5-7(12)13-2-14-8(5)16/h2-4,6,9,17-19H,1,11H2,(H2,12,13,14)/t4-,6+,9-,10-/m1/s1. The van der Waals surface area contributed by atoms with Gasteiger partial charge in [0.05, 0.1) is 18.4 Å². The average Bonchev–Trinajstić information content (AvgIpc) is 2.92. The lowest BCUT2D eigenvalue weighted by molar-refractivity contribution is -0.0548. The molecule has 1 aliphatic rings. The molecule has 0 bridgehead atoms. The number of nitrogens with zero attached hydrogens (tertiary/aromatic N) is 4. The van der Waals surface area contributed by atoms with Gasteiger partial charge in [-0.05, 0) is 0 Å². The number of ether oxygens (including phenoxy) is 1. The summed E-state index contributed by atoms with van der Waals surface area (Å²) in [6.07, 6.45) is -0.382. The molecule has 0 aliphatic carbocycles. The first-order valence-electron chi connectivity index (χ1n) is 6.06. The van der Waals surface area contributed by atoms with Gasteiger partial charge >= 0.3 is 0 Å². The van der Waals surface area contributed by atoms with Crippen molar-refractivity contribution >= 4 is 24.8 Å². The number of aliphatic hydroxyl groups excluding tert-OH is 2. The zero-order chi connectivity index (χ0) is 14.5. The van der Waals surface area contributed by atoms with Crippen molar-refractivity contribution in [2.75, 3.05) is 12.3 Å². The topological polar surface area (TPSA) is 140 Å². The molecule has 1 fully saturated rings. The summed E-state index contributed by atoms with van der Waals surface area (Å²) in [5.41, 5.74) is 4.88. The van der Waals surface area contributed by atoms with E-state index < -0.39 is 30.5 Å². The van der Waals surface area contributed by atoms with Crippen LogP contribution in [0.25, 0.3) is 11.2 Å². The molecule has 5 N–H and O–H groups in total. The van der Waals surface area contributed by atoms with Gasteiger partial charge in [-0.25, -0.2) is 15.0 Å². The van der Waals surface area contributed by atoms with Crippen molar-refractivity contribution in [3.05, 3.63) is 12.7 Å². The maximum atomic E-state index is 10.2. The smallest absolute Gasteiger partial charge is 0.167 e. The monoisotopic (exact) mass is 279 g/mol. The summed E-state index contributed by atoms with van der Waals surface area (Å²) >= 11 is 0. The second kappa shape index (κ2) is 4.38. The van der Waals surface area contributed by atoms with Crippen molar-refractivity contribution in [2.24, 2.45) is 0 Å². The fourth-order valence-corrected chi connectivity index (χ4v) is 2.36. The zero-order valence-corrected chi connectivity index (χ0v) is 10.7. The predicted molar refractivity (Wildman–Crippen MR) is 70.2 cm³/mol. The third-order valence-corrected chi connectivity index (χ3v) is 3.65. The first-order valence-corrected chi connectivity index (χ1v) is 6.06. The highest BCUT2D eigenvalue weighted by molar-refractivity contribution is 6.15.